The van der Waals surface area contributed by atoms with Gasteiger partial charge in [-0.1, -0.05) is 35.5 Å². The summed E-state index contributed by atoms with van der Waals surface area (Å²) in [5.41, 5.74) is 1.73. The summed E-state index contributed by atoms with van der Waals surface area (Å²) in [5, 5.41) is 7.92. The Morgan fingerprint density at radius 3 is 2.50 bits per heavy atom. The van der Waals surface area contributed by atoms with Gasteiger partial charge in [-0.25, -0.2) is 9.48 Å². The predicted octanol–water partition coefficient (Wildman–Crippen LogP) is 3.37. The van der Waals surface area contributed by atoms with Crippen molar-refractivity contribution < 1.29 is 27.8 Å². The lowest BCUT2D eigenvalue weighted by Gasteiger charge is -2.05. The van der Waals surface area contributed by atoms with Crippen molar-refractivity contribution in [1.82, 2.24) is 15.0 Å². The van der Waals surface area contributed by atoms with Gasteiger partial charge in [0.05, 0.1) is 12.7 Å². The van der Waals surface area contributed by atoms with E-state index in [-0.39, 0.29) is 11.3 Å². The van der Waals surface area contributed by atoms with Gasteiger partial charge in [-0.05, 0) is 35.9 Å². The van der Waals surface area contributed by atoms with Crippen LogP contribution in [-0.4, -0.2) is 40.0 Å². The molecule has 0 amide bonds. The van der Waals surface area contributed by atoms with Gasteiger partial charge in [-0.3, -0.25) is 4.79 Å². The van der Waals surface area contributed by atoms with Crippen LogP contribution in [0.5, 0.6) is 5.75 Å². The van der Waals surface area contributed by atoms with E-state index >= 15 is 0 Å². The third-order valence-electron chi connectivity index (χ3n) is 3.88. The highest BCUT2D eigenvalue weighted by Gasteiger charge is 2.10. The Kier molecular flexibility index (Phi) is 6.99. The second-order valence-corrected chi connectivity index (χ2v) is 6.09. The second-order valence-electron chi connectivity index (χ2n) is 6.09. The lowest BCUT2D eigenvalue weighted by Crippen LogP contribution is -2.12. The summed E-state index contributed by atoms with van der Waals surface area (Å²) < 4.78 is 35.0. The van der Waals surface area contributed by atoms with Crippen LogP contribution in [0.2, 0.25) is 0 Å². The monoisotopic (exact) mass is 413 g/mol. The van der Waals surface area contributed by atoms with Crippen LogP contribution in [0.15, 0.2) is 66.9 Å². The normalized spacial score (nSPS) is 11.0. The van der Waals surface area contributed by atoms with Gasteiger partial charge in [-0.15, -0.1) is 5.10 Å². The van der Waals surface area contributed by atoms with Crippen molar-refractivity contribution in [3.8, 4) is 5.75 Å². The minimum atomic E-state index is -2.95. The van der Waals surface area contributed by atoms with E-state index in [1.165, 1.54) is 30.3 Å². The van der Waals surface area contributed by atoms with E-state index in [2.05, 4.69) is 15.0 Å². The van der Waals surface area contributed by atoms with Crippen LogP contribution < -0.4 is 4.74 Å². The lowest BCUT2D eigenvalue weighted by atomic mass is 10.1. The third-order valence-corrected chi connectivity index (χ3v) is 3.88. The fraction of sp³-hybridized carbons (Fsp3) is 0.143. The van der Waals surface area contributed by atoms with Gasteiger partial charge >= 0.3 is 12.6 Å². The van der Waals surface area contributed by atoms with Crippen LogP contribution in [0.3, 0.4) is 0 Å². The Labute approximate surface area is 170 Å². The number of halogens is 2. The molecular weight excluding hydrogens is 396 g/mol. The number of carbonyl (C=O) groups excluding carboxylic acids is 2. The van der Waals surface area contributed by atoms with Gasteiger partial charge < -0.3 is 9.47 Å². The number of ether oxygens (including phenoxy) is 2. The van der Waals surface area contributed by atoms with E-state index in [0.29, 0.717) is 12.2 Å². The molecule has 2 aromatic carbocycles. The number of nitrogens with zero attached hydrogens (tertiary/aromatic N) is 3. The quantitative estimate of drug-likeness (QED) is 0.304. The molecule has 154 valence electrons. The van der Waals surface area contributed by atoms with E-state index in [9.17, 15) is 18.4 Å². The van der Waals surface area contributed by atoms with E-state index < -0.39 is 25.0 Å². The summed E-state index contributed by atoms with van der Waals surface area (Å²) in [6, 6.07) is 14.8. The van der Waals surface area contributed by atoms with Crippen molar-refractivity contribution in [2.75, 3.05) is 6.61 Å². The van der Waals surface area contributed by atoms with Crippen molar-refractivity contribution in [2.24, 2.45) is 0 Å². The first-order chi connectivity index (χ1) is 14.5. The van der Waals surface area contributed by atoms with Crippen molar-refractivity contribution in [3.05, 3.63) is 83.7 Å². The van der Waals surface area contributed by atoms with Crippen LogP contribution in [0.1, 0.15) is 21.6 Å². The van der Waals surface area contributed by atoms with Gasteiger partial charge in [0.2, 0.25) is 0 Å². The van der Waals surface area contributed by atoms with E-state index in [1.54, 1.807) is 10.9 Å². The van der Waals surface area contributed by atoms with E-state index in [0.717, 1.165) is 11.6 Å². The zero-order valence-corrected chi connectivity index (χ0v) is 15.7. The molecule has 0 fully saturated rings. The van der Waals surface area contributed by atoms with Crippen molar-refractivity contribution in [2.45, 2.75) is 13.2 Å². The summed E-state index contributed by atoms with van der Waals surface area (Å²) in [6.45, 7) is -2.89. The molecule has 9 heteroatoms. The molecule has 3 rings (SSSR count). The molecule has 0 aliphatic rings. The number of rotatable bonds is 9. The minimum Gasteiger partial charge on any atom is -0.454 e. The van der Waals surface area contributed by atoms with Gasteiger partial charge in [0, 0.05) is 11.6 Å². The highest BCUT2D eigenvalue weighted by molar-refractivity contribution is 5.98. The maximum atomic E-state index is 12.1. The number of hydrogen-bond acceptors (Lipinski definition) is 6. The molecule has 1 aromatic heterocycles. The minimum absolute atomic E-state index is 0.0678. The molecule has 1 heterocycles. The topological polar surface area (TPSA) is 83.3 Å². The Morgan fingerprint density at radius 2 is 1.80 bits per heavy atom. The molecule has 7 nitrogen and oxygen atoms in total. The summed E-state index contributed by atoms with van der Waals surface area (Å²) in [4.78, 5) is 23.8. The third kappa shape index (κ3) is 6.33. The Bertz CT molecular complexity index is 1020. The highest BCUT2D eigenvalue weighted by atomic mass is 19.3. The summed E-state index contributed by atoms with van der Waals surface area (Å²) in [5.74, 6) is -1.27. The maximum Gasteiger partial charge on any atom is 0.387 e. The van der Waals surface area contributed by atoms with Crippen molar-refractivity contribution >= 4 is 17.8 Å². The number of esters is 1. The first-order valence-electron chi connectivity index (χ1n) is 8.86. The van der Waals surface area contributed by atoms with Crippen LogP contribution in [0, 0.1) is 0 Å². The molecular formula is C21H17F2N3O4. The fourth-order valence-corrected chi connectivity index (χ4v) is 2.48. The summed E-state index contributed by atoms with van der Waals surface area (Å²) in [7, 11) is 0. The Morgan fingerprint density at radius 1 is 1.07 bits per heavy atom. The SMILES string of the molecule is O=C(/C=C/c1cn(Cc2ccccc2)nn1)OCC(=O)c1ccc(OC(F)F)cc1. The number of benzene rings is 2. The van der Waals surface area contributed by atoms with Crippen LogP contribution in [0.25, 0.3) is 6.08 Å². The highest BCUT2D eigenvalue weighted by Crippen LogP contribution is 2.15. The summed E-state index contributed by atoms with van der Waals surface area (Å²) in [6.07, 6.45) is 4.24. The molecule has 0 bridgehead atoms. The second kappa shape index (κ2) is 10.1. The Balaban J connectivity index is 1.47. The molecule has 0 radical (unpaired) electrons. The number of carbonyl (C=O) groups is 2. The zero-order chi connectivity index (χ0) is 21.3. The largest absolute Gasteiger partial charge is 0.454 e. The molecule has 0 atom stereocenters. The summed E-state index contributed by atoms with van der Waals surface area (Å²) >= 11 is 0. The molecule has 0 saturated heterocycles. The first-order valence-corrected chi connectivity index (χ1v) is 8.86. The van der Waals surface area contributed by atoms with E-state index in [4.69, 9.17) is 4.74 Å². The molecule has 30 heavy (non-hydrogen) atoms. The molecule has 0 aliphatic carbocycles. The number of hydrogen-bond donors (Lipinski definition) is 0. The van der Waals surface area contributed by atoms with Gasteiger partial charge in [0.15, 0.2) is 12.4 Å². The average molecular weight is 413 g/mol. The molecule has 0 saturated carbocycles. The Hall–Kier alpha value is -3.88. The van der Waals surface area contributed by atoms with Crippen LogP contribution in [0.4, 0.5) is 8.78 Å². The smallest absolute Gasteiger partial charge is 0.387 e. The predicted molar refractivity (Wildman–Crippen MR) is 103 cm³/mol. The number of Topliss-reactive ketones (excluding diaryl/α,β-unsaturated/α-hetero) is 1. The number of alkyl halides is 2. The van der Waals surface area contributed by atoms with Crippen LogP contribution in [-0.2, 0) is 16.1 Å². The molecule has 0 unspecified atom stereocenters. The molecule has 0 aliphatic heterocycles. The fourth-order valence-electron chi connectivity index (χ4n) is 2.48. The van der Waals surface area contributed by atoms with Crippen molar-refractivity contribution in [1.29, 1.82) is 0 Å². The average Bonchev–Trinajstić information content (AvgIpc) is 3.18. The van der Waals surface area contributed by atoms with E-state index in [1.807, 2.05) is 30.3 Å². The first kappa shape index (κ1) is 20.8. The standard InChI is InChI=1S/C21H17F2N3O4/c22-21(23)30-18-9-6-16(7-10-18)19(27)14-29-20(28)11-8-17-13-26(25-24-17)12-15-4-2-1-3-5-15/h1-11,13,21H,12,14H2/b11-8+. The number of aromatic nitrogens is 3. The lowest BCUT2D eigenvalue weighted by molar-refractivity contribution is -0.136. The molecule has 3 aromatic rings. The molecule has 0 N–H and O–H groups in total. The zero-order valence-electron chi connectivity index (χ0n) is 15.7. The van der Waals surface area contributed by atoms with Gasteiger partial charge in [0.25, 0.3) is 0 Å². The number of ketones is 1. The van der Waals surface area contributed by atoms with Crippen molar-refractivity contribution in [3.63, 3.8) is 0 Å². The van der Waals surface area contributed by atoms with Crippen LogP contribution >= 0.6 is 0 Å². The van der Waals surface area contributed by atoms with Gasteiger partial charge in [-0.2, -0.15) is 8.78 Å². The maximum absolute atomic E-state index is 12.1. The van der Waals surface area contributed by atoms with Gasteiger partial charge in [0.1, 0.15) is 11.4 Å². The molecule has 0 spiro atoms.